The molecular weight excluding hydrogens is 248 g/mol. The summed E-state index contributed by atoms with van der Waals surface area (Å²) < 4.78 is 5.72. The number of halogens is 1. The number of hydrogen-bond donors (Lipinski definition) is 1. The minimum atomic E-state index is 0.565. The molecule has 0 radical (unpaired) electrons. The van der Waals surface area contributed by atoms with Crippen molar-refractivity contribution < 1.29 is 4.42 Å². The van der Waals surface area contributed by atoms with E-state index in [-0.39, 0.29) is 0 Å². The van der Waals surface area contributed by atoms with E-state index in [4.69, 9.17) is 21.8 Å². The van der Waals surface area contributed by atoms with Gasteiger partial charge < -0.3 is 10.2 Å². The van der Waals surface area contributed by atoms with Crippen LogP contribution < -0.4 is 5.73 Å². The fourth-order valence-corrected chi connectivity index (χ4v) is 2.05. The van der Waals surface area contributed by atoms with Gasteiger partial charge in [0.25, 0.3) is 0 Å². The molecule has 3 aromatic rings. The smallest absolute Gasteiger partial charge is 0.227 e. The van der Waals surface area contributed by atoms with Gasteiger partial charge in [0.2, 0.25) is 5.89 Å². The van der Waals surface area contributed by atoms with Gasteiger partial charge >= 0.3 is 0 Å². The summed E-state index contributed by atoms with van der Waals surface area (Å²) in [5.74, 6) is 0.565. The van der Waals surface area contributed by atoms with E-state index in [9.17, 15) is 0 Å². The number of nitrogen functional groups attached to an aromatic ring is 1. The Morgan fingerprint density at radius 3 is 2.83 bits per heavy atom. The van der Waals surface area contributed by atoms with Crippen LogP contribution in [0.15, 0.2) is 40.8 Å². The second kappa shape index (κ2) is 4.03. The predicted molar refractivity (Wildman–Crippen MR) is 73.6 cm³/mol. The molecule has 2 N–H and O–H groups in total. The van der Waals surface area contributed by atoms with Crippen molar-refractivity contribution in [3.05, 3.63) is 47.0 Å². The Morgan fingerprint density at radius 2 is 2.00 bits per heavy atom. The third-order valence-corrected chi connectivity index (χ3v) is 3.08. The Hall–Kier alpha value is -2.00. The molecule has 90 valence electrons. The lowest BCUT2D eigenvalue weighted by atomic mass is 10.1. The molecule has 0 saturated carbocycles. The molecule has 2 aromatic carbocycles. The van der Waals surface area contributed by atoms with Gasteiger partial charge in [-0.2, -0.15) is 0 Å². The summed E-state index contributed by atoms with van der Waals surface area (Å²) in [6.07, 6.45) is 0. The average molecular weight is 259 g/mol. The summed E-state index contributed by atoms with van der Waals surface area (Å²) >= 11 is 6.00. The number of anilines is 1. The SMILES string of the molecule is Cc1ccc(Cl)cc1-c1nc2ccc(N)cc2o1. The van der Waals surface area contributed by atoms with Gasteiger partial charge in [-0.15, -0.1) is 0 Å². The van der Waals surface area contributed by atoms with E-state index < -0.39 is 0 Å². The third kappa shape index (κ3) is 1.83. The molecule has 0 aliphatic rings. The Morgan fingerprint density at radius 1 is 1.17 bits per heavy atom. The van der Waals surface area contributed by atoms with Gasteiger partial charge in [-0.25, -0.2) is 4.98 Å². The highest BCUT2D eigenvalue weighted by Gasteiger charge is 2.11. The second-order valence-corrected chi connectivity index (χ2v) is 4.64. The van der Waals surface area contributed by atoms with Crippen molar-refractivity contribution in [2.24, 2.45) is 0 Å². The monoisotopic (exact) mass is 258 g/mol. The van der Waals surface area contributed by atoms with E-state index in [1.807, 2.05) is 31.2 Å². The van der Waals surface area contributed by atoms with Crippen molar-refractivity contribution in [3.63, 3.8) is 0 Å². The second-order valence-electron chi connectivity index (χ2n) is 4.21. The first-order valence-electron chi connectivity index (χ1n) is 5.56. The molecule has 0 bridgehead atoms. The van der Waals surface area contributed by atoms with Gasteiger partial charge in [-0.1, -0.05) is 17.7 Å². The number of hydrogen-bond acceptors (Lipinski definition) is 3. The van der Waals surface area contributed by atoms with Gasteiger partial charge in [0.05, 0.1) is 0 Å². The van der Waals surface area contributed by atoms with Gasteiger partial charge in [-0.05, 0) is 36.8 Å². The molecule has 1 aromatic heterocycles. The largest absolute Gasteiger partial charge is 0.436 e. The van der Waals surface area contributed by atoms with E-state index in [0.717, 1.165) is 16.6 Å². The fraction of sp³-hybridized carbons (Fsp3) is 0.0714. The van der Waals surface area contributed by atoms with Crippen LogP contribution in [0.3, 0.4) is 0 Å². The Bertz CT molecular complexity index is 734. The summed E-state index contributed by atoms with van der Waals surface area (Å²) in [6.45, 7) is 1.99. The van der Waals surface area contributed by atoms with Crippen molar-refractivity contribution in [2.75, 3.05) is 5.73 Å². The molecule has 1 heterocycles. The Kier molecular flexibility index (Phi) is 2.49. The number of aryl methyl sites for hydroxylation is 1. The number of benzene rings is 2. The molecule has 18 heavy (non-hydrogen) atoms. The first-order valence-corrected chi connectivity index (χ1v) is 5.94. The number of nitrogens with zero attached hydrogens (tertiary/aromatic N) is 1. The topological polar surface area (TPSA) is 52.0 Å². The number of fused-ring (bicyclic) bond motifs is 1. The Balaban J connectivity index is 2.22. The Labute approximate surface area is 109 Å². The van der Waals surface area contributed by atoms with E-state index in [2.05, 4.69) is 4.98 Å². The van der Waals surface area contributed by atoms with E-state index in [1.165, 1.54) is 0 Å². The first kappa shape index (κ1) is 11.1. The lowest BCUT2D eigenvalue weighted by Crippen LogP contribution is -1.82. The minimum absolute atomic E-state index is 0.565. The van der Waals surface area contributed by atoms with Crippen LogP contribution in [0.4, 0.5) is 5.69 Å². The quantitative estimate of drug-likeness (QED) is 0.670. The predicted octanol–water partition coefficient (Wildman–Crippen LogP) is 4.04. The molecular formula is C14H11ClN2O. The van der Waals surface area contributed by atoms with Crippen molar-refractivity contribution >= 4 is 28.4 Å². The highest BCUT2D eigenvalue weighted by molar-refractivity contribution is 6.30. The highest BCUT2D eigenvalue weighted by atomic mass is 35.5. The van der Waals surface area contributed by atoms with Crippen LogP contribution in [0.1, 0.15) is 5.56 Å². The van der Waals surface area contributed by atoms with Crippen LogP contribution in [0.5, 0.6) is 0 Å². The van der Waals surface area contributed by atoms with Crippen molar-refractivity contribution in [1.29, 1.82) is 0 Å². The maximum atomic E-state index is 6.00. The van der Waals surface area contributed by atoms with Gasteiger partial charge in [0.1, 0.15) is 5.52 Å². The molecule has 0 spiro atoms. The summed E-state index contributed by atoms with van der Waals surface area (Å²) in [5.41, 5.74) is 9.82. The van der Waals surface area contributed by atoms with Crippen LogP contribution >= 0.6 is 11.6 Å². The van der Waals surface area contributed by atoms with Gasteiger partial charge in [-0.3, -0.25) is 0 Å². The van der Waals surface area contributed by atoms with Crippen molar-refractivity contribution in [3.8, 4) is 11.5 Å². The standard InChI is InChI=1S/C14H11ClN2O/c1-8-2-3-9(15)6-11(8)14-17-12-5-4-10(16)7-13(12)18-14/h2-7H,16H2,1H3. The third-order valence-electron chi connectivity index (χ3n) is 2.84. The zero-order valence-electron chi connectivity index (χ0n) is 9.77. The van der Waals surface area contributed by atoms with Crippen LogP contribution in [-0.2, 0) is 0 Å². The number of nitrogens with two attached hydrogens (primary N) is 1. The molecule has 0 amide bonds. The van der Waals surface area contributed by atoms with Crippen molar-refractivity contribution in [2.45, 2.75) is 6.92 Å². The maximum absolute atomic E-state index is 6.00. The zero-order chi connectivity index (χ0) is 12.7. The molecule has 3 rings (SSSR count). The average Bonchev–Trinajstić information content (AvgIpc) is 2.74. The molecule has 0 unspecified atom stereocenters. The number of oxazole rings is 1. The first-order chi connectivity index (χ1) is 8.63. The molecule has 0 atom stereocenters. The molecule has 4 heteroatoms. The summed E-state index contributed by atoms with van der Waals surface area (Å²) in [6, 6.07) is 11.1. The molecule has 0 saturated heterocycles. The van der Waals surface area contributed by atoms with Crippen molar-refractivity contribution in [1.82, 2.24) is 4.98 Å². The lowest BCUT2D eigenvalue weighted by molar-refractivity contribution is 0.619. The zero-order valence-corrected chi connectivity index (χ0v) is 10.5. The van der Waals surface area contributed by atoms with Crippen LogP contribution in [0.2, 0.25) is 5.02 Å². The lowest BCUT2D eigenvalue weighted by Gasteiger charge is -2.01. The highest BCUT2D eigenvalue weighted by Crippen LogP contribution is 2.29. The van der Waals surface area contributed by atoms with Crippen LogP contribution in [0, 0.1) is 6.92 Å². The summed E-state index contributed by atoms with van der Waals surface area (Å²) in [7, 11) is 0. The van der Waals surface area contributed by atoms with Crippen LogP contribution in [-0.4, -0.2) is 4.98 Å². The van der Waals surface area contributed by atoms with E-state index in [1.54, 1.807) is 12.1 Å². The molecule has 0 fully saturated rings. The number of rotatable bonds is 1. The van der Waals surface area contributed by atoms with Gasteiger partial charge in [0, 0.05) is 22.3 Å². The van der Waals surface area contributed by atoms with E-state index in [0.29, 0.717) is 22.2 Å². The van der Waals surface area contributed by atoms with Crippen LogP contribution in [0.25, 0.3) is 22.6 Å². The summed E-state index contributed by atoms with van der Waals surface area (Å²) in [5, 5.41) is 0.664. The van der Waals surface area contributed by atoms with Gasteiger partial charge in [0.15, 0.2) is 5.58 Å². The minimum Gasteiger partial charge on any atom is -0.436 e. The number of aromatic nitrogens is 1. The van der Waals surface area contributed by atoms with E-state index >= 15 is 0 Å². The molecule has 3 nitrogen and oxygen atoms in total. The normalized spacial score (nSPS) is 11.0. The maximum Gasteiger partial charge on any atom is 0.227 e. The summed E-state index contributed by atoms with van der Waals surface area (Å²) in [4.78, 5) is 4.45. The fourth-order valence-electron chi connectivity index (χ4n) is 1.88. The molecule has 0 aliphatic carbocycles. The molecule has 0 aliphatic heterocycles.